The average molecular weight is 565 g/mol. The number of hydroxylamine groups is 1. The van der Waals surface area contributed by atoms with E-state index in [1.54, 1.807) is 20.8 Å². The van der Waals surface area contributed by atoms with Crippen LogP contribution in [0.5, 0.6) is 0 Å². The van der Waals surface area contributed by atoms with E-state index in [9.17, 15) is 23.3 Å². The van der Waals surface area contributed by atoms with Crippen LogP contribution in [0.4, 0.5) is 10.5 Å². The first-order valence-corrected chi connectivity index (χ1v) is 13.5. The number of hydrogen-bond acceptors (Lipinski definition) is 12. The van der Waals surface area contributed by atoms with Crippen LogP contribution in [0.25, 0.3) is 0 Å². The zero-order chi connectivity index (χ0) is 27.7. The van der Waals surface area contributed by atoms with Gasteiger partial charge in [-0.15, -0.1) is 28.1 Å². The molecule has 16 heteroatoms. The molecule has 202 valence electrons. The average Bonchev–Trinajstić information content (AvgIpc) is 3.55. The number of nitro benzene ring substituents is 1. The molecule has 1 aliphatic heterocycles. The Labute approximate surface area is 221 Å². The summed E-state index contributed by atoms with van der Waals surface area (Å²) in [5.74, 6) is 0.0431. The molecule has 3 aromatic rings. The third-order valence-electron chi connectivity index (χ3n) is 5.26. The lowest BCUT2D eigenvalue weighted by molar-refractivity contribution is -0.388. The van der Waals surface area contributed by atoms with Crippen LogP contribution in [0.3, 0.4) is 0 Å². The Morgan fingerprint density at radius 3 is 2.76 bits per heavy atom. The third-order valence-corrected chi connectivity index (χ3v) is 7.94. The summed E-state index contributed by atoms with van der Waals surface area (Å²) in [5, 5.41) is 19.3. The number of benzene rings is 1. The number of amides is 1. The lowest BCUT2D eigenvalue weighted by atomic mass is 10.0. The molecule has 0 spiro atoms. The van der Waals surface area contributed by atoms with E-state index in [0.29, 0.717) is 9.35 Å². The van der Waals surface area contributed by atoms with Crippen molar-refractivity contribution in [2.75, 3.05) is 13.2 Å². The van der Waals surface area contributed by atoms with E-state index < -0.39 is 49.3 Å². The van der Waals surface area contributed by atoms with Gasteiger partial charge in [-0.1, -0.05) is 22.7 Å². The summed E-state index contributed by atoms with van der Waals surface area (Å²) in [5.41, 5.74) is 0.228. The van der Waals surface area contributed by atoms with E-state index in [1.165, 1.54) is 28.6 Å². The van der Waals surface area contributed by atoms with Gasteiger partial charge in [-0.25, -0.2) is 18.2 Å². The highest BCUT2D eigenvalue weighted by Gasteiger charge is 2.49. The molecule has 0 fully saturated rings. The number of nitro groups is 1. The summed E-state index contributed by atoms with van der Waals surface area (Å²) in [6.07, 6.45) is 1.63. The van der Waals surface area contributed by atoms with E-state index >= 15 is 0 Å². The van der Waals surface area contributed by atoms with Gasteiger partial charge < -0.3 is 9.15 Å². The highest BCUT2D eigenvalue weighted by atomic mass is 32.2. The van der Waals surface area contributed by atoms with Crippen molar-refractivity contribution in [2.24, 2.45) is 0 Å². The molecule has 2 unspecified atom stereocenters. The van der Waals surface area contributed by atoms with Gasteiger partial charge in [0.2, 0.25) is 12.3 Å². The van der Waals surface area contributed by atoms with Gasteiger partial charge in [0.1, 0.15) is 11.6 Å². The summed E-state index contributed by atoms with van der Waals surface area (Å²) in [7, 11) is -4.65. The van der Waals surface area contributed by atoms with Crippen molar-refractivity contribution in [3.8, 4) is 0 Å². The molecule has 1 aliphatic rings. The number of para-hydroxylation sites is 1. The fraction of sp³-hybridized carbons (Fsp3) is 0.364. The van der Waals surface area contributed by atoms with Crippen LogP contribution in [0.15, 0.2) is 58.1 Å². The first kappa shape index (κ1) is 27.3. The number of aromatic nitrogens is 3. The van der Waals surface area contributed by atoms with Crippen LogP contribution >= 0.6 is 11.3 Å². The Bertz CT molecular complexity index is 1430. The number of fused-ring (bicyclic) bond motifs is 1. The maximum absolute atomic E-state index is 13.9. The van der Waals surface area contributed by atoms with E-state index in [0.717, 1.165) is 29.9 Å². The zero-order valence-electron chi connectivity index (χ0n) is 20.6. The summed E-state index contributed by atoms with van der Waals surface area (Å²) in [4.78, 5) is 35.3. The number of rotatable bonds is 8. The second kappa shape index (κ2) is 10.6. The van der Waals surface area contributed by atoms with Gasteiger partial charge in [-0.3, -0.25) is 19.9 Å². The number of thiazole rings is 1. The van der Waals surface area contributed by atoms with Gasteiger partial charge in [0.05, 0.1) is 27.6 Å². The molecular formula is C22H24N6O8S2. The Morgan fingerprint density at radius 2 is 2.13 bits per heavy atom. The fourth-order valence-corrected chi connectivity index (χ4v) is 6.35. The number of carbonyl (C=O) groups excluding carboxylic acids is 1. The largest absolute Gasteiger partial charge is 0.444 e. The standard InChI is InChI=1S/C22H24N6O8S2/c1-5-10-35-28(38(32,33)16-9-7-6-8-14(16)27(30)31)15-11-26(21(29)36-22(2,3)4)18(20-25-24-12-34-20)17-19(15)37-13-23-17/h5-9,12-13,15,18H,1,10-11H2,2-4H3. The lowest BCUT2D eigenvalue weighted by Crippen LogP contribution is -2.49. The van der Waals surface area contributed by atoms with Crippen LogP contribution < -0.4 is 0 Å². The molecule has 14 nitrogen and oxygen atoms in total. The van der Waals surface area contributed by atoms with Crippen LogP contribution in [-0.4, -0.2) is 62.7 Å². The Kier molecular flexibility index (Phi) is 7.59. The van der Waals surface area contributed by atoms with Crippen molar-refractivity contribution in [2.45, 2.75) is 43.4 Å². The number of ether oxygens (including phenoxy) is 1. The maximum atomic E-state index is 13.9. The number of nitrogens with zero attached hydrogens (tertiary/aromatic N) is 6. The fourth-order valence-electron chi connectivity index (χ4n) is 3.83. The molecule has 0 radical (unpaired) electrons. The number of sulfonamides is 1. The molecule has 38 heavy (non-hydrogen) atoms. The van der Waals surface area contributed by atoms with E-state index in [4.69, 9.17) is 14.0 Å². The summed E-state index contributed by atoms with van der Waals surface area (Å²) < 4.78 is 39.4. The molecule has 1 aromatic carbocycles. The third kappa shape index (κ3) is 5.28. The van der Waals surface area contributed by atoms with Gasteiger partial charge in [0, 0.05) is 12.6 Å². The van der Waals surface area contributed by atoms with E-state index in [-0.39, 0.29) is 24.7 Å². The first-order chi connectivity index (χ1) is 18.0. The molecule has 0 bridgehead atoms. The lowest BCUT2D eigenvalue weighted by Gasteiger charge is -2.40. The molecule has 4 rings (SSSR count). The normalized spacial score (nSPS) is 17.7. The molecule has 0 N–H and O–H groups in total. The minimum Gasteiger partial charge on any atom is -0.444 e. The van der Waals surface area contributed by atoms with Crippen LogP contribution in [0, 0.1) is 10.1 Å². The maximum Gasteiger partial charge on any atom is 0.411 e. The number of hydrogen-bond donors (Lipinski definition) is 0. The van der Waals surface area contributed by atoms with Crippen molar-refractivity contribution < 1.29 is 32.1 Å². The molecule has 3 heterocycles. The monoisotopic (exact) mass is 564 g/mol. The predicted molar refractivity (Wildman–Crippen MR) is 132 cm³/mol. The Balaban J connectivity index is 1.87. The highest BCUT2D eigenvalue weighted by molar-refractivity contribution is 7.89. The molecule has 2 atom stereocenters. The predicted octanol–water partition coefficient (Wildman–Crippen LogP) is 3.62. The minimum atomic E-state index is -4.65. The highest BCUT2D eigenvalue weighted by Crippen LogP contribution is 2.44. The van der Waals surface area contributed by atoms with E-state index in [1.807, 2.05) is 0 Å². The summed E-state index contributed by atoms with van der Waals surface area (Å²) in [6, 6.07) is 2.78. The topological polar surface area (TPSA) is 171 Å². The zero-order valence-corrected chi connectivity index (χ0v) is 22.2. The van der Waals surface area contributed by atoms with Crippen molar-refractivity contribution >= 4 is 33.1 Å². The van der Waals surface area contributed by atoms with Gasteiger partial charge in [-0.2, -0.15) is 0 Å². The summed E-state index contributed by atoms with van der Waals surface area (Å²) >= 11 is 1.12. The molecule has 2 aromatic heterocycles. The first-order valence-electron chi connectivity index (χ1n) is 11.2. The second-order valence-corrected chi connectivity index (χ2v) is 11.6. The van der Waals surface area contributed by atoms with Gasteiger partial charge in [-0.05, 0) is 26.8 Å². The quantitative estimate of drug-likeness (QED) is 0.222. The van der Waals surface area contributed by atoms with Crippen molar-refractivity contribution in [1.82, 2.24) is 24.5 Å². The Morgan fingerprint density at radius 1 is 1.39 bits per heavy atom. The SMILES string of the molecule is C=CCON(C1CN(C(=O)OC(C)(C)C)C(c2nnco2)c2ncsc21)S(=O)(=O)c1ccccc1[N+](=O)[O-]. The Hall–Kier alpha value is -3.73. The smallest absolute Gasteiger partial charge is 0.411 e. The van der Waals surface area contributed by atoms with Gasteiger partial charge in [0.15, 0.2) is 10.9 Å². The van der Waals surface area contributed by atoms with Crippen molar-refractivity contribution in [3.05, 3.63) is 75.4 Å². The van der Waals surface area contributed by atoms with E-state index in [2.05, 4.69) is 21.8 Å². The number of carbonyl (C=O) groups is 1. The van der Waals surface area contributed by atoms with Crippen LogP contribution in [-0.2, 0) is 19.6 Å². The second-order valence-electron chi connectivity index (χ2n) is 9.00. The van der Waals surface area contributed by atoms with Crippen molar-refractivity contribution in [1.29, 1.82) is 0 Å². The minimum absolute atomic E-state index is 0.0431. The van der Waals surface area contributed by atoms with Crippen LogP contribution in [0.2, 0.25) is 0 Å². The van der Waals surface area contributed by atoms with Gasteiger partial charge in [0.25, 0.3) is 15.7 Å². The van der Waals surface area contributed by atoms with Gasteiger partial charge >= 0.3 is 6.09 Å². The summed E-state index contributed by atoms with van der Waals surface area (Å²) in [6.45, 7) is 8.08. The molecule has 0 aliphatic carbocycles. The molecule has 0 saturated carbocycles. The molecule has 1 amide bonds. The van der Waals surface area contributed by atoms with Crippen LogP contribution in [0.1, 0.15) is 49.3 Å². The molecule has 0 saturated heterocycles. The molecular weight excluding hydrogens is 540 g/mol. The van der Waals surface area contributed by atoms with Crippen molar-refractivity contribution in [3.63, 3.8) is 0 Å².